The van der Waals surface area contributed by atoms with E-state index in [9.17, 15) is 4.79 Å². The Labute approximate surface area is 125 Å². The van der Waals surface area contributed by atoms with Crippen LogP contribution in [0, 0.1) is 6.92 Å². The molecule has 0 saturated heterocycles. The first kappa shape index (κ1) is 13.9. The second-order valence-electron chi connectivity index (χ2n) is 5.82. The van der Waals surface area contributed by atoms with Crippen molar-refractivity contribution in [3.63, 3.8) is 0 Å². The summed E-state index contributed by atoms with van der Waals surface area (Å²) in [6, 6.07) is 8.20. The highest BCUT2D eigenvalue weighted by Gasteiger charge is 2.21. The highest BCUT2D eigenvalue weighted by Crippen LogP contribution is 2.18. The van der Waals surface area contributed by atoms with Crippen molar-refractivity contribution in [3.8, 4) is 0 Å². The Morgan fingerprint density at radius 2 is 2.05 bits per heavy atom. The maximum Gasteiger partial charge on any atom is 0.227 e. The lowest BCUT2D eigenvalue weighted by atomic mass is 10.1. The molecule has 110 valence electrons. The topological polar surface area (TPSA) is 38.1 Å². The molecule has 0 spiro atoms. The minimum atomic E-state index is 0.204. The number of aromatic nitrogens is 2. The van der Waals surface area contributed by atoms with E-state index in [0.29, 0.717) is 13.0 Å². The van der Waals surface area contributed by atoms with Crippen LogP contribution in [-0.2, 0) is 31.2 Å². The van der Waals surface area contributed by atoms with Crippen LogP contribution in [0.1, 0.15) is 28.8 Å². The summed E-state index contributed by atoms with van der Waals surface area (Å²) in [5, 5.41) is 4.31. The summed E-state index contributed by atoms with van der Waals surface area (Å²) < 4.78 is 1.93. The molecule has 3 rings (SSSR count). The molecule has 0 N–H and O–H groups in total. The van der Waals surface area contributed by atoms with Crippen LogP contribution < -0.4 is 0 Å². The van der Waals surface area contributed by atoms with Gasteiger partial charge < -0.3 is 4.90 Å². The van der Waals surface area contributed by atoms with Crippen LogP contribution in [0.5, 0.6) is 0 Å². The Bertz CT molecular complexity index is 643. The maximum absolute atomic E-state index is 12.5. The van der Waals surface area contributed by atoms with Crippen molar-refractivity contribution in [3.05, 3.63) is 52.8 Å². The molecule has 1 aromatic heterocycles. The summed E-state index contributed by atoms with van der Waals surface area (Å²) in [5.41, 5.74) is 4.76. The van der Waals surface area contributed by atoms with Gasteiger partial charge in [-0.2, -0.15) is 5.10 Å². The number of amides is 1. The molecular formula is C17H21N3O. The first-order chi connectivity index (χ1) is 10.1. The Balaban J connectivity index is 1.71. The standard InChI is InChI=1S/C17H21N3O/c1-13-5-7-14(8-6-13)10-17(21)20-9-3-4-16-15(12-20)11-18-19(16)2/h5-8,11H,3-4,9-10,12H2,1-2H3. The van der Waals surface area contributed by atoms with Gasteiger partial charge in [0.1, 0.15) is 0 Å². The number of carbonyl (C=O) groups is 1. The molecule has 0 fully saturated rings. The van der Waals surface area contributed by atoms with Crippen molar-refractivity contribution in [1.82, 2.24) is 14.7 Å². The number of nitrogens with zero attached hydrogens (tertiary/aromatic N) is 3. The van der Waals surface area contributed by atoms with Gasteiger partial charge in [0.15, 0.2) is 0 Å². The fraction of sp³-hybridized carbons (Fsp3) is 0.412. The summed E-state index contributed by atoms with van der Waals surface area (Å²) in [5.74, 6) is 0.204. The van der Waals surface area contributed by atoms with Crippen molar-refractivity contribution in [1.29, 1.82) is 0 Å². The lowest BCUT2D eigenvalue weighted by molar-refractivity contribution is -0.131. The van der Waals surface area contributed by atoms with Gasteiger partial charge in [0.05, 0.1) is 12.6 Å². The first-order valence-electron chi connectivity index (χ1n) is 7.46. The molecule has 0 radical (unpaired) electrons. The number of hydrogen-bond acceptors (Lipinski definition) is 2. The zero-order chi connectivity index (χ0) is 14.8. The second-order valence-corrected chi connectivity index (χ2v) is 5.82. The lowest BCUT2D eigenvalue weighted by Gasteiger charge is -2.20. The zero-order valence-electron chi connectivity index (χ0n) is 12.7. The molecule has 1 aliphatic heterocycles. The molecular weight excluding hydrogens is 262 g/mol. The third kappa shape index (κ3) is 2.99. The monoisotopic (exact) mass is 283 g/mol. The molecule has 0 bridgehead atoms. The molecule has 0 saturated carbocycles. The minimum Gasteiger partial charge on any atom is -0.338 e. The van der Waals surface area contributed by atoms with Gasteiger partial charge in [-0.3, -0.25) is 9.48 Å². The van der Waals surface area contributed by atoms with Crippen molar-refractivity contribution in [2.75, 3.05) is 6.54 Å². The number of fused-ring (bicyclic) bond motifs is 1. The molecule has 2 aromatic rings. The first-order valence-corrected chi connectivity index (χ1v) is 7.46. The van der Waals surface area contributed by atoms with E-state index in [1.807, 2.05) is 35.0 Å². The van der Waals surface area contributed by atoms with E-state index in [0.717, 1.165) is 24.9 Å². The van der Waals surface area contributed by atoms with E-state index in [2.05, 4.69) is 24.2 Å². The summed E-state index contributed by atoms with van der Waals surface area (Å²) >= 11 is 0. The highest BCUT2D eigenvalue weighted by atomic mass is 16.2. The summed E-state index contributed by atoms with van der Waals surface area (Å²) in [6.45, 7) is 3.58. The minimum absolute atomic E-state index is 0.204. The Hall–Kier alpha value is -2.10. The number of rotatable bonds is 2. The molecule has 4 nitrogen and oxygen atoms in total. The molecule has 1 aliphatic rings. The highest BCUT2D eigenvalue weighted by molar-refractivity contribution is 5.78. The van der Waals surface area contributed by atoms with E-state index in [4.69, 9.17) is 0 Å². The molecule has 4 heteroatoms. The third-order valence-corrected chi connectivity index (χ3v) is 4.18. The average molecular weight is 283 g/mol. The van der Waals surface area contributed by atoms with Gasteiger partial charge >= 0.3 is 0 Å². The molecule has 1 amide bonds. The van der Waals surface area contributed by atoms with Gasteiger partial charge in [-0.25, -0.2) is 0 Å². The maximum atomic E-state index is 12.5. The van der Waals surface area contributed by atoms with E-state index in [1.54, 1.807) is 0 Å². The Morgan fingerprint density at radius 3 is 2.81 bits per heavy atom. The van der Waals surface area contributed by atoms with Crippen LogP contribution in [-0.4, -0.2) is 27.1 Å². The van der Waals surface area contributed by atoms with Gasteiger partial charge in [0, 0.05) is 31.4 Å². The van der Waals surface area contributed by atoms with Crippen molar-refractivity contribution in [2.24, 2.45) is 7.05 Å². The van der Waals surface area contributed by atoms with Gasteiger partial charge in [-0.05, 0) is 25.3 Å². The van der Waals surface area contributed by atoms with E-state index in [1.165, 1.54) is 16.8 Å². The summed E-state index contributed by atoms with van der Waals surface area (Å²) in [4.78, 5) is 14.5. The Morgan fingerprint density at radius 1 is 1.29 bits per heavy atom. The van der Waals surface area contributed by atoms with Crippen molar-refractivity contribution < 1.29 is 4.79 Å². The number of benzene rings is 1. The smallest absolute Gasteiger partial charge is 0.227 e. The fourth-order valence-corrected chi connectivity index (χ4v) is 2.89. The normalized spacial score (nSPS) is 14.7. The summed E-state index contributed by atoms with van der Waals surface area (Å²) in [7, 11) is 1.97. The largest absolute Gasteiger partial charge is 0.338 e. The predicted molar refractivity (Wildman–Crippen MR) is 81.8 cm³/mol. The van der Waals surface area contributed by atoms with E-state index >= 15 is 0 Å². The molecule has 1 aromatic carbocycles. The van der Waals surface area contributed by atoms with Crippen LogP contribution in [0.3, 0.4) is 0 Å². The van der Waals surface area contributed by atoms with E-state index < -0.39 is 0 Å². The van der Waals surface area contributed by atoms with Crippen molar-refractivity contribution in [2.45, 2.75) is 32.7 Å². The van der Waals surface area contributed by atoms with Gasteiger partial charge in [-0.1, -0.05) is 29.8 Å². The van der Waals surface area contributed by atoms with Crippen LogP contribution in [0.2, 0.25) is 0 Å². The Kier molecular flexibility index (Phi) is 3.78. The quantitative estimate of drug-likeness (QED) is 0.848. The van der Waals surface area contributed by atoms with Gasteiger partial charge in [-0.15, -0.1) is 0 Å². The third-order valence-electron chi connectivity index (χ3n) is 4.18. The van der Waals surface area contributed by atoms with Crippen LogP contribution in [0.15, 0.2) is 30.5 Å². The van der Waals surface area contributed by atoms with Crippen LogP contribution in [0.25, 0.3) is 0 Å². The van der Waals surface area contributed by atoms with Crippen LogP contribution in [0.4, 0.5) is 0 Å². The van der Waals surface area contributed by atoms with Gasteiger partial charge in [0.25, 0.3) is 0 Å². The van der Waals surface area contributed by atoms with Crippen LogP contribution >= 0.6 is 0 Å². The number of hydrogen-bond donors (Lipinski definition) is 0. The molecule has 0 unspecified atom stereocenters. The summed E-state index contributed by atoms with van der Waals surface area (Å²) in [6.07, 6.45) is 4.38. The average Bonchev–Trinajstić information content (AvgIpc) is 2.71. The zero-order valence-corrected chi connectivity index (χ0v) is 12.7. The molecule has 2 heterocycles. The fourth-order valence-electron chi connectivity index (χ4n) is 2.89. The molecule has 0 aliphatic carbocycles. The van der Waals surface area contributed by atoms with Gasteiger partial charge in [0.2, 0.25) is 5.91 Å². The second kappa shape index (κ2) is 5.72. The lowest BCUT2D eigenvalue weighted by Crippen LogP contribution is -2.31. The number of aryl methyl sites for hydroxylation is 2. The molecule has 0 atom stereocenters. The SMILES string of the molecule is Cc1ccc(CC(=O)N2CCCc3c(cnn3C)C2)cc1. The number of carbonyl (C=O) groups excluding carboxylic acids is 1. The van der Waals surface area contributed by atoms with E-state index in [-0.39, 0.29) is 5.91 Å². The predicted octanol–water partition coefficient (Wildman–Crippen LogP) is 2.25. The van der Waals surface area contributed by atoms with Crippen molar-refractivity contribution >= 4 is 5.91 Å². The molecule has 21 heavy (non-hydrogen) atoms.